The normalized spacial score (nSPS) is 28.4. The second-order valence-corrected chi connectivity index (χ2v) is 9.91. The van der Waals surface area contributed by atoms with Gasteiger partial charge in [-0.25, -0.2) is 0 Å². The molecule has 5 N–H and O–H groups in total. The fourth-order valence-corrected chi connectivity index (χ4v) is 5.14. The van der Waals surface area contributed by atoms with Crippen molar-refractivity contribution in [1.82, 2.24) is 21.3 Å². The lowest BCUT2D eigenvalue weighted by molar-refractivity contribution is -0.120. The van der Waals surface area contributed by atoms with Crippen LogP contribution in [0.2, 0.25) is 0 Å². The van der Waals surface area contributed by atoms with Gasteiger partial charge >= 0.3 is 0 Å². The summed E-state index contributed by atoms with van der Waals surface area (Å²) in [6.45, 7) is 3.00. The van der Waals surface area contributed by atoms with E-state index in [4.69, 9.17) is 16.8 Å². The maximum atomic E-state index is 11.2. The summed E-state index contributed by atoms with van der Waals surface area (Å²) < 4.78 is 31.6. The number of carbonyl (C=O) groups excluding carboxylic acids is 1. The van der Waals surface area contributed by atoms with Crippen LogP contribution >= 0.6 is 12.2 Å². The molecule has 2 rings (SSSR count). The quantitative estimate of drug-likeness (QED) is 0.219. The van der Waals surface area contributed by atoms with E-state index in [0.717, 1.165) is 38.5 Å². The van der Waals surface area contributed by atoms with Crippen molar-refractivity contribution in [3.63, 3.8) is 0 Å². The molecule has 2 aliphatic carbocycles. The maximum Gasteiger partial charge on any atom is 0.267 e. The van der Waals surface area contributed by atoms with Crippen molar-refractivity contribution in [2.45, 2.75) is 88.1 Å². The first-order valence-electron chi connectivity index (χ1n) is 10.3. The summed E-state index contributed by atoms with van der Waals surface area (Å²) in [4.78, 5) is 11.2. The predicted octanol–water partition coefficient (Wildman–Crippen LogP) is 1.08. The van der Waals surface area contributed by atoms with Crippen LogP contribution < -0.4 is 21.3 Å². The van der Waals surface area contributed by atoms with E-state index in [1.165, 1.54) is 0 Å². The van der Waals surface area contributed by atoms with Crippen molar-refractivity contribution in [1.29, 1.82) is 0 Å². The van der Waals surface area contributed by atoms with Crippen LogP contribution in [0.15, 0.2) is 0 Å². The minimum atomic E-state index is -3.89. The van der Waals surface area contributed by atoms with E-state index in [1.807, 2.05) is 6.92 Å². The van der Waals surface area contributed by atoms with E-state index < -0.39 is 15.4 Å². The van der Waals surface area contributed by atoms with Crippen LogP contribution in [0.25, 0.3) is 0 Å². The molecule has 0 atom stereocenters. The van der Waals surface area contributed by atoms with Crippen LogP contribution in [-0.4, -0.2) is 60.5 Å². The zero-order valence-electron chi connectivity index (χ0n) is 16.6. The van der Waals surface area contributed by atoms with E-state index >= 15 is 0 Å². The molecular formula is C18H34N4O4S2. The molecule has 162 valence electrons. The van der Waals surface area contributed by atoms with Crippen molar-refractivity contribution < 1.29 is 17.8 Å². The van der Waals surface area contributed by atoms with Gasteiger partial charge in [0.2, 0.25) is 5.91 Å². The van der Waals surface area contributed by atoms with Gasteiger partial charge in [-0.05, 0) is 63.6 Å². The van der Waals surface area contributed by atoms with Crippen molar-refractivity contribution in [3.8, 4) is 0 Å². The first kappa shape index (κ1) is 23.3. The summed E-state index contributed by atoms with van der Waals surface area (Å²) in [7, 11) is -3.89. The summed E-state index contributed by atoms with van der Waals surface area (Å²) >= 11 is 5.32. The molecule has 1 amide bonds. The lowest BCUT2D eigenvalue weighted by Gasteiger charge is -2.35. The van der Waals surface area contributed by atoms with Crippen molar-refractivity contribution >= 4 is 33.4 Å². The Morgan fingerprint density at radius 2 is 1.43 bits per heavy atom. The van der Waals surface area contributed by atoms with Gasteiger partial charge < -0.3 is 21.3 Å². The zero-order chi connectivity index (χ0) is 20.6. The molecule has 0 aromatic carbocycles. The van der Waals surface area contributed by atoms with Gasteiger partial charge in [0.1, 0.15) is 0 Å². The first-order chi connectivity index (χ1) is 13.3. The largest absolute Gasteiger partial charge is 0.361 e. The highest BCUT2D eigenvalue weighted by atomic mass is 32.2. The SMILES string of the molecule is CCC(=O)NCCNC(=S)NC1CCC(NC2CCC(S(=O)(=O)O)CC2)CC1. The van der Waals surface area contributed by atoms with Crippen LogP contribution in [0.5, 0.6) is 0 Å². The van der Waals surface area contributed by atoms with Gasteiger partial charge in [-0.15, -0.1) is 0 Å². The molecule has 0 aliphatic heterocycles. The van der Waals surface area contributed by atoms with Crippen LogP contribution in [0.3, 0.4) is 0 Å². The Morgan fingerprint density at radius 1 is 0.929 bits per heavy atom. The van der Waals surface area contributed by atoms with E-state index in [-0.39, 0.29) is 5.91 Å². The van der Waals surface area contributed by atoms with E-state index in [0.29, 0.717) is 55.6 Å². The molecule has 0 heterocycles. The van der Waals surface area contributed by atoms with E-state index in [2.05, 4.69) is 21.3 Å². The Hall–Kier alpha value is -0.970. The predicted molar refractivity (Wildman–Crippen MR) is 114 cm³/mol. The molecule has 0 radical (unpaired) electrons. The Bertz CT molecular complexity index is 613. The minimum absolute atomic E-state index is 0.0398. The van der Waals surface area contributed by atoms with Crippen molar-refractivity contribution in [2.75, 3.05) is 13.1 Å². The third-order valence-corrected chi connectivity index (χ3v) is 7.26. The van der Waals surface area contributed by atoms with E-state index in [9.17, 15) is 13.2 Å². The van der Waals surface area contributed by atoms with Crippen LogP contribution in [0.4, 0.5) is 0 Å². The van der Waals surface area contributed by atoms with Crippen LogP contribution in [0, 0.1) is 0 Å². The molecule has 0 aromatic heterocycles. The van der Waals surface area contributed by atoms with Gasteiger partial charge in [0.15, 0.2) is 5.11 Å². The summed E-state index contributed by atoms with van der Waals surface area (Å²) in [6, 6.07) is 1.16. The molecule has 8 nitrogen and oxygen atoms in total. The number of hydrogen-bond acceptors (Lipinski definition) is 5. The molecule has 28 heavy (non-hydrogen) atoms. The van der Waals surface area contributed by atoms with Crippen molar-refractivity contribution in [3.05, 3.63) is 0 Å². The second-order valence-electron chi connectivity index (χ2n) is 7.81. The van der Waals surface area contributed by atoms with Crippen molar-refractivity contribution in [2.24, 2.45) is 0 Å². The molecule has 0 spiro atoms. The Morgan fingerprint density at radius 3 is 1.96 bits per heavy atom. The molecule has 0 unspecified atom stereocenters. The van der Waals surface area contributed by atoms with Crippen LogP contribution in [-0.2, 0) is 14.9 Å². The topological polar surface area (TPSA) is 120 Å². The van der Waals surface area contributed by atoms with Gasteiger partial charge in [-0.2, -0.15) is 8.42 Å². The Balaban J connectivity index is 1.57. The number of amides is 1. The highest BCUT2D eigenvalue weighted by Crippen LogP contribution is 2.26. The van der Waals surface area contributed by atoms with Gasteiger partial charge in [0.05, 0.1) is 5.25 Å². The third kappa shape index (κ3) is 8.18. The molecule has 0 aromatic rings. The molecule has 2 saturated carbocycles. The molecule has 0 saturated heterocycles. The fraction of sp³-hybridized carbons (Fsp3) is 0.889. The molecule has 0 bridgehead atoms. The number of thiocarbonyl (C=S) groups is 1. The summed E-state index contributed by atoms with van der Waals surface area (Å²) in [5, 5.41) is 13.0. The smallest absolute Gasteiger partial charge is 0.267 e. The molecular weight excluding hydrogens is 400 g/mol. The lowest BCUT2D eigenvalue weighted by atomic mass is 9.88. The standard InChI is InChI=1S/C18H34N4O4S2/c1-2-17(23)19-11-12-20-18(27)22-15-5-3-13(4-6-15)21-14-7-9-16(10-8-14)28(24,25)26/h13-16,21H,2-12H2,1H3,(H,19,23)(H2,20,22,27)(H,24,25,26). The molecule has 2 aliphatic rings. The summed E-state index contributed by atoms with van der Waals surface area (Å²) in [5.41, 5.74) is 0. The summed E-state index contributed by atoms with van der Waals surface area (Å²) in [6.07, 6.45) is 7.34. The highest BCUT2D eigenvalue weighted by Gasteiger charge is 2.31. The number of rotatable bonds is 8. The summed E-state index contributed by atoms with van der Waals surface area (Å²) in [5.74, 6) is 0.0398. The number of nitrogens with one attached hydrogen (secondary N) is 4. The fourth-order valence-electron chi connectivity index (χ4n) is 4.00. The average Bonchev–Trinajstić information content (AvgIpc) is 2.66. The average molecular weight is 435 g/mol. The van der Waals surface area contributed by atoms with Gasteiger partial charge in [0, 0.05) is 37.6 Å². The minimum Gasteiger partial charge on any atom is -0.361 e. The lowest BCUT2D eigenvalue weighted by Crippen LogP contribution is -2.49. The number of hydrogen-bond donors (Lipinski definition) is 5. The Kier molecular flexibility index (Phi) is 9.39. The molecule has 10 heteroatoms. The maximum absolute atomic E-state index is 11.2. The van der Waals surface area contributed by atoms with Gasteiger partial charge in [-0.1, -0.05) is 6.92 Å². The third-order valence-electron chi connectivity index (χ3n) is 5.68. The molecule has 2 fully saturated rings. The highest BCUT2D eigenvalue weighted by molar-refractivity contribution is 7.86. The second kappa shape index (κ2) is 11.3. The Labute approximate surface area is 173 Å². The van der Waals surface area contributed by atoms with E-state index in [1.54, 1.807) is 0 Å². The number of carbonyl (C=O) groups is 1. The monoisotopic (exact) mass is 434 g/mol. The van der Waals surface area contributed by atoms with Gasteiger partial charge in [0.25, 0.3) is 10.1 Å². The van der Waals surface area contributed by atoms with Crippen LogP contribution in [0.1, 0.15) is 64.7 Å². The zero-order valence-corrected chi connectivity index (χ0v) is 18.2. The first-order valence-corrected chi connectivity index (χ1v) is 12.2. The van der Waals surface area contributed by atoms with Gasteiger partial charge in [-0.3, -0.25) is 9.35 Å².